The van der Waals surface area contributed by atoms with Gasteiger partial charge in [0.1, 0.15) is 5.82 Å². The Morgan fingerprint density at radius 1 is 1.32 bits per heavy atom. The third-order valence-electron chi connectivity index (χ3n) is 3.01. The maximum absolute atomic E-state index is 5.63. The van der Waals surface area contributed by atoms with Gasteiger partial charge < -0.3 is 4.57 Å². The molecule has 0 aliphatic carbocycles. The Kier molecular flexibility index (Phi) is 4.59. The zero-order chi connectivity index (χ0) is 13.7. The lowest BCUT2D eigenvalue weighted by molar-refractivity contribution is 0.505. The predicted octanol–water partition coefficient (Wildman–Crippen LogP) is 1.14. The lowest BCUT2D eigenvalue weighted by Crippen LogP contribution is -2.31. The van der Waals surface area contributed by atoms with E-state index >= 15 is 0 Å². The molecule has 0 amide bonds. The van der Waals surface area contributed by atoms with E-state index in [1.807, 2.05) is 19.3 Å². The first-order chi connectivity index (χ1) is 9.24. The highest BCUT2D eigenvalue weighted by Gasteiger charge is 2.15. The minimum Gasteiger partial charge on any atom is -0.335 e. The van der Waals surface area contributed by atoms with Crippen molar-refractivity contribution in [2.75, 3.05) is 0 Å². The van der Waals surface area contributed by atoms with Crippen LogP contribution in [0.15, 0.2) is 24.8 Å². The average molecular weight is 260 g/mol. The summed E-state index contributed by atoms with van der Waals surface area (Å²) in [5.41, 5.74) is 4.52. The van der Waals surface area contributed by atoms with Crippen LogP contribution in [0.3, 0.4) is 0 Å². The van der Waals surface area contributed by atoms with Crippen LogP contribution in [0.2, 0.25) is 0 Å². The number of nitrogens with two attached hydrogens (primary N) is 1. The molecule has 1 unspecified atom stereocenters. The van der Waals surface area contributed by atoms with Crippen molar-refractivity contribution < 1.29 is 0 Å². The highest BCUT2D eigenvalue weighted by molar-refractivity contribution is 5.09. The molecular weight excluding hydrogens is 240 g/mol. The first-order valence-corrected chi connectivity index (χ1v) is 6.49. The van der Waals surface area contributed by atoms with Crippen molar-refractivity contribution in [2.24, 2.45) is 5.84 Å². The van der Waals surface area contributed by atoms with Crippen LogP contribution < -0.4 is 11.3 Å². The van der Waals surface area contributed by atoms with Crippen LogP contribution in [-0.4, -0.2) is 19.5 Å². The lowest BCUT2D eigenvalue weighted by Gasteiger charge is -2.15. The topological polar surface area (TPSA) is 81.7 Å². The van der Waals surface area contributed by atoms with Gasteiger partial charge in [0.25, 0.3) is 0 Å². The van der Waals surface area contributed by atoms with Crippen molar-refractivity contribution in [3.8, 4) is 0 Å². The van der Waals surface area contributed by atoms with E-state index in [-0.39, 0.29) is 6.04 Å². The molecule has 6 nitrogen and oxygen atoms in total. The third kappa shape index (κ3) is 3.36. The molecule has 2 aromatic heterocycles. The Morgan fingerprint density at radius 3 is 2.79 bits per heavy atom. The smallest absolute Gasteiger partial charge is 0.110 e. The number of hydrazine groups is 1. The summed E-state index contributed by atoms with van der Waals surface area (Å²) in [5.74, 6) is 6.64. The summed E-state index contributed by atoms with van der Waals surface area (Å²) in [5, 5.41) is 0. The predicted molar refractivity (Wildman–Crippen MR) is 73.1 cm³/mol. The highest BCUT2D eigenvalue weighted by atomic mass is 15.2. The molecule has 102 valence electrons. The van der Waals surface area contributed by atoms with Crippen LogP contribution in [0.1, 0.15) is 36.6 Å². The van der Waals surface area contributed by atoms with E-state index in [1.54, 1.807) is 12.4 Å². The van der Waals surface area contributed by atoms with Gasteiger partial charge in [-0.3, -0.25) is 21.2 Å². The molecule has 0 fully saturated rings. The molecule has 0 aliphatic rings. The minimum absolute atomic E-state index is 0.0777. The quantitative estimate of drug-likeness (QED) is 0.601. The molecule has 1 atom stereocenters. The summed E-state index contributed by atoms with van der Waals surface area (Å²) >= 11 is 0. The van der Waals surface area contributed by atoms with Crippen molar-refractivity contribution in [1.29, 1.82) is 0 Å². The van der Waals surface area contributed by atoms with Crippen LogP contribution in [-0.2, 0) is 13.0 Å². The summed E-state index contributed by atoms with van der Waals surface area (Å²) in [6.07, 6.45) is 9.09. The van der Waals surface area contributed by atoms with Gasteiger partial charge >= 0.3 is 0 Å². The van der Waals surface area contributed by atoms with Gasteiger partial charge in [0.15, 0.2) is 0 Å². The number of aryl methyl sites for hydroxylation is 2. The summed E-state index contributed by atoms with van der Waals surface area (Å²) in [7, 11) is 0. The fourth-order valence-corrected chi connectivity index (χ4v) is 1.99. The second-order valence-electron chi connectivity index (χ2n) is 4.54. The minimum atomic E-state index is -0.0777. The second kappa shape index (κ2) is 6.40. The molecule has 0 aromatic carbocycles. The Balaban J connectivity index is 2.14. The van der Waals surface area contributed by atoms with E-state index < -0.39 is 0 Å². The summed E-state index contributed by atoms with van der Waals surface area (Å²) < 4.78 is 2.14. The van der Waals surface area contributed by atoms with Crippen LogP contribution in [0.4, 0.5) is 0 Å². The van der Waals surface area contributed by atoms with Crippen LogP contribution >= 0.6 is 0 Å². The van der Waals surface area contributed by atoms with Crippen molar-refractivity contribution in [3.05, 3.63) is 42.0 Å². The van der Waals surface area contributed by atoms with Gasteiger partial charge in [0.2, 0.25) is 0 Å². The number of hydrogen-bond donors (Lipinski definition) is 2. The van der Waals surface area contributed by atoms with Gasteiger partial charge in [-0.25, -0.2) is 4.98 Å². The number of aromatic nitrogens is 4. The van der Waals surface area contributed by atoms with Crippen LogP contribution in [0.5, 0.6) is 0 Å². The van der Waals surface area contributed by atoms with Gasteiger partial charge in [-0.1, -0.05) is 6.92 Å². The zero-order valence-corrected chi connectivity index (χ0v) is 11.4. The molecule has 0 spiro atoms. The zero-order valence-electron chi connectivity index (χ0n) is 11.4. The fraction of sp³-hybridized carbons (Fsp3) is 0.462. The van der Waals surface area contributed by atoms with Gasteiger partial charge in [-0.15, -0.1) is 0 Å². The number of imidazole rings is 1. The number of rotatable bonds is 6. The molecule has 0 saturated carbocycles. The second-order valence-corrected chi connectivity index (χ2v) is 4.54. The number of nitrogens with zero attached hydrogens (tertiary/aromatic N) is 4. The average Bonchev–Trinajstić information content (AvgIpc) is 2.85. The molecule has 2 heterocycles. The molecule has 2 aromatic rings. The Bertz CT molecular complexity index is 504. The monoisotopic (exact) mass is 260 g/mol. The molecule has 0 saturated heterocycles. The summed E-state index contributed by atoms with van der Waals surface area (Å²) in [4.78, 5) is 13.0. The summed E-state index contributed by atoms with van der Waals surface area (Å²) in [6, 6.07) is -0.0777. The van der Waals surface area contributed by atoms with Gasteiger partial charge in [0.05, 0.1) is 23.6 Å². The lowest BCUT2D eigenvalue weighted by atomic mass is 10.1. The first kappa shape index (κ1) is 13.6. The fourth-order valence-electron chi connectivity index (χ4n) is 1.99. The van der Waals surface area contributed by atoms with Gasteiger partial charge in [-0.05, 0) is 13.3 Å². The Morgan fingerprint density at radius 2 is 2.16 bits per heavy atom. The molecule has 0 bridgehead atoms. The Labute approximate surface area is 113 Å². The molecular formula is C13H20N6. The standard InChI is InChI=1S/C13H20N6/c1-3-5-19-6-4-15-13(19)7-11(18-14)12-9-16-10(2)8-17-12/h4,6,8-9,11,18H,3,5,7,14H2,1-2H3. The number of hydrogen-bond acceptors (Lipinski definition) is 5. The number of nitrogens with one attached hydrogen (secondary N) is 1. The van der Waals surface area contributed by atoms with E-state index in [1.165, 1.54) is 0 Å². The highest BCUT2D eigenvalue weighted by Crippen LogP contribution is 2.14. The van der Waals surface area contributed by atoms with E-state index in [0.29, 0.717) is 6.42 Å². The molecule has 0 aliphatic heterocycles. The Hall–Kier alpha value is -1.79. The maximum Gasteiger partial charge on any atom is 0.110 e. The third-order valence-corrected chi connectivity index (χ3v) is 3.01. The van der Waals surface area contributed by atoms with Crippen LogP contribution in [0.25, 0.3) is 0 Å². The van der Waals surface area contributed by atoms with E-state index in [9.17, 15) is 0 Å². The molecule has 2 rings (SSSR count). The van der Waals surface area contributed by atoms with E-state index in [4.69, 9.17) is 5.84 Å². The molecule has 6 heteroatoms. The summed E-state index contributed by atoms with van der Waals surface area (Å²) in [6.45, 7) is 5.02. The molecule has 3 N–H and O–H groups in total. The normalized spacial score (nSPS) is 12.6. The van der Waals surface area contributed by atoms with Crippen molar-refractivity contribution in [2.45, 2.75) is 39.3 Å². The van der Waals surface area contributed by atoms with Crippen molar-refractivity contribution in [3.63, 3.8) is 0 Å². The molecule has 19 heavy (non-hydrogen) atoms. The SMILES string of the molecule is CCCn1ccnc1CC(NN)c1cnc(C)cn1. The van der Waals surface area contributed by atoms with Crippen LogP contribution in [0, 0.1) is 6.92 Å². The van der Waals surface area contributed by atoms with Gasteiger partial charge in [0, 0.05) is 31.6 Å². The first-order valence-electron chi connectivity index (χ1n) is 6.49. The maximum atomic E-state index is 5.63. The van der Waals surface area contributed by atoms with Crippen molar-refractivity contribution >= 4 is 0 Å². The van der Waals surface area contributed by atoms with Crippen molar-refractivity contribution in [1.82, 2.24) is 24.9 Å². The van der Waals surface area contributed by atoms with E-state index in [0.717, 1.165) is 30.2 Å². The largest absolute Gasteiger partial charge is 0.335 e. The molecule has 0 radical (unpaired) electrons. The van der Waals surface area contributed by atoms with Gasteiger partial charge in [-0.2, -0.15) is 0 Å². The van der Waals surface area contributed by atoms with E-state index in [2.05, 4.69) is 31.9 Å².